The molecule has 0 aromatic carbocycles. The summed E-state index contributed by atoms with van der Waals surface area (Å²) in [5.41, 5.74) is -2.03. The fourth-order valence-electron chi connectivity index (χ4n) is 12.4. The molecule has 9 rings (SSSR count). The van der Waals surface area contributed by atoms with E-state index in [2.05, 4.69) is 19.9 Å². The van der Waals surface area contributed by atoms with Gasteiger partial charge in [0.1, 0.15) is 53.9 Å². The number of esters is 1. The average Bonchev–Trinajstić information content (AvgIpc) is 4.06. The van der Waals surface area contributed by atoms with Gasteiger partial charge in [-0.25, -0.2) is 0 Å². The summed E-state index contributed by atoms with van der Waals surface area (Å²) in [6.07, 6.45) is 4.86. The van der Waals surface area contributed by atoms with Gasteiger partial charge in [0, 0.05) is 38.5 Å². The lowest BCUT2D eigenvalue weighted by Gasteiger charge is -2.46. The Labute approximate surface area is 364 Å². The molecule has 0 aromatic heterocycles. The van der Waals surface area contributed by atoms with E-state index in [0.717, 1.165) is 24.7 Å². The van der Waals surface area contributed by atoms with Crippen LogP contribution in [0.15, 0.2) is 23.8 Å². The van der Waals surface area contributed by atoms with Crippen LogP contribution in [0, 0.1) is 17.8 Å². The number of aliphatic hydroxyl groups is 3. The van der Waals surface area contributed by atoms with Crippen molar-refractivity contribution in [1.29, 1.82) is 0 Å². The lowest BCUT2D eigenvalue weighted by Crippen LogP contribution is -2.59. The van der Waals surface area contributed by atoms with Crippen LogP contribution in [0.25, 0.3) is 0 Å². The molecule has 0 aliphatic carbocycles. The van der Waals surface area contributed by atoms with Gasteiger partial charge in [0.2, 0.25) is 5.79 Å². The van der Waals surface area contributed by atoms with Crippen LogP contribution in [-0.2, 0) is 57.0 Å². The molecule has 2 spiro atoms. The van der Waals surface area contributed by atoms with Crippen molar-refractivity contribution in [2.24, 2.45) is 17.8 Å². The zero-order valence-electron chi connectivity index (χ0n) is 37.2. The SMILES string of the molecule is CC1=CC(C)CC2(C)CCC(O2)C23CCC(C=O)(CC(O2)C2OC(C)(CC2=O)C(O)C2CCC4(CCCC(O4)C(C)C(=O)OC4CC(C5(O)OCCC(C)C5O)OC4C=C1)O2)O3. The summed E-state index contributed by atoms with van der Waals surface area (Å²) < 4.78 is 58.5. The average molecular weight is 873 g/mol. The fourth-order valence-corrected chi connectivity index (χ4v) is 12.4. The Balaban J connectivity index is 1.01. The fraction of sp³-hybridized carbons (Fsp3) is 0.851. The summed E-state index contributed by atoms with van der Waals surface area (Å²) in [6, 6.07) is 0. The number of Topliss-reactive ketones (excluding diaryl/α,β-unsaturated/α-hetero) is 1. The zero-order chi connectivity index (χ0) is 44.0. The number of carbonyl (C=O) groups is 3. The summed E-state index contributed by atoms with van der Waals surface area (Å²) >= 11 is 0. The van der Waals surface area contributed by atoms with Crippen LogP contribution < -0.4 is 0 Å². The maximum atomic E-state index is 14.1. The molecule has 19 unspecified atom stereocenters. The lowest BCUT2D eigenvalue weighted by molar-refractivity contribution is -0.354. The van der Waals surface area contributed by atoms with E-state index in [1.807, 2.05) is 26.0 Å². The number of allylic oxidation sites excluding steroid dienone is 3. The normalized spacial score (nSPS) is 53.6. The third-order valence-corrected chi connectivity index (χ3v) is 15.9. The van der Waals surface area contributed by atoms with Crippen LogP contribution in [0.4, 0.5) is 0 Å². The summed E-state index contributed by atoms with van der Waals surface area (Å²) in [5, 5.41) is 34.8. The highest BCUT2D eigenvalue weighted by atomic mass is 16.8. The molecular formula is C47H68O15. The molecule has 346 valence electrons. The minimum Gasteiger partial charge on any atom is -0.459 e. The van der Waals surface area contributed by atoms with Crippen LogP contribution >= 0.6 is 0 Å². The van der Waals surface area contributed by atoms with Crippen LogP contribution in [0.1, 0.15) is 131 Å². The zero-order valence-corrected chi connectivity index (χ0v) is 37.2. The van der Waals surface area contributed by atoms with E-state index in [-0.39, 0.29) is 43.5 Å². The lowest BCUT2D eigenvalue weighted by atomic mass is 9.87. The molecule has 9 heterocycles. The summed E-state index contributed by atoms with van der Waals surface area (Å²) in [6.45, 7) is 11.8. The maximum absolute atomic E-state index is 14.1. The predicted molar refractivity (Wildman–Crippen MR) is 218 cm³/mol. The Bertz CT molecular complexity index is 1800. The number of fused-ring (bicyclic) bond motifs is 10. The highest BCUT2D eigenvalue weighted by Gasteiger charge is 2.66. The van der Waals surface area contributed by atoms with Gasteiger partial charge in [-0.1, -0.05) is 37.6 Å². The Morgan fingerprint density at radius 1 is 0.806 bits per heavy atom. The third kappa shape index (κ3) is 8.00. The Morgan fingerprint density at radius 3 is 2.39 bits per heavy atom. The number of hydrogen-bond acceptors (Lipinski definition) is 15. The third-order valence-electron chi connectivity index (χ3n) is 15.9. The first-order valence-corrected chi connectivity index (χ1v) is 23.3. The molecule has 0 aromatic rings. The molecule has 19 atom stereocenters. The Morgan fingerprint density at radius 2 is 1.60 bits per heavy atom. The van der Waals surface area contributed by atoms with Crippen LogP contribution in [0.2, 0.25) is 0 Å². The molecule has 0 amide bonds. The van der Waals surface area contributed by atoms with E-state index < -0.39 is 107 Å². The van der Waals surface area contributed by atoms with Gasteiger partial charge < -0.3 is 62.7 Å². The van der Waals surface area contributed by atoms with Crippen molar-refractivity contribution in [1.82, 2.24) is 0 Å². The van der Waals surface area contributed by atoms with Crippen molar-refractivity contribution in [3.05, 3.63) is 23.8 Å². The summed E-state index contributed by atoms with van der Waals surface area (Å²) in [7, 11) is 0. The van der Waals surface area contributed by atoms with E-state index >= 15 is 0 Å². The van der Waals surface area contributed by atoms with Crippen molar-refractivity contribution in [3.63, 3.8) is 0 Å². The number of hydrogen-bond donors (Lipinski definition) is 3. The van der Waals surface area contributed by atoms with E-state index in [9.17, 15) is 29.7 Å². The Kier molecular flexibility index (Phi) is 11.9. The van der Waals surface area contributed by atoms with E-state index in [4.69, 9.17) is 42.6 Å². The van der Waals surface area contributed by atoms with E-state index in [0.29, 0.717) is 57.8 Å². The van der Waals surface area contributed by atoms with E-state index in [1.54, 1.807) is 13.8 Å². The molecule has 8 fully saturated rings. The number of carbonyl (C=O) groups excluding carboxylic acids is 3. The monoisotopic (exact) mass is 872 g/mol. The standard InChI is InChI=1S/C47H68O15/c1-26-9-10-32-34(21-37(55-32)47(53)39(50)28(3)13-19-54-47)56-41(52)29(4)31-8-7-14-45(57-31)16-11-33(58-45)40(51)43(6)23-30(49)38(61-43)35-24-44(25-48)17-18-46(59-35,62-44)36-12-15-42(5,60-36)22-27(2)20-26/h9-10,20,25,27-29,31-40,50-51,53H,7-8,11-19,21-24H2,1-6H3. The van der Waals surface area contributed by atoms with Crippen molar-refractivity contribution in [2.45, 2.75) is 227 Å². The predicted octanol–water partition coefficient (Wildman–Crippen LogP) is 4.43. The molecule has 0 saturated carbocycles. The van der Waals surface area contributed by atoms with Gasteiger partial charge in [0.05, 0.1) is 36.4 Å². The summed E-state index contributed by atoms with van der Waals surface area (Å²) in [5.74, 6) is -5.79. The number of ketones is 1. The van der Waals surface area contributed by atoms with Gasteiger partial charge in [-0.05, 0) is 90.9 Å². The number of aliphatic hydroxyl groups excluding tert-OH is 2. The minimum absolute atomic E-state index is 0.0637. The first kappa shape index (κ1) is 45.0. The first-order chi connectivity index (χ1) is 29.3. The molecule has 8 saturated heterocycles. The number of rotatable bonds is 2. The molecule has 9 aliphatic heterocycles. The topological polar surface area (TPSA) is 195 Å². The summed E-state index contributed by atoms with van der Waals surface area (Å²) in [4.78, 5) is 40.7. The molecular weight excluding hydrogens is 805 g/mol. The number of ether oxygens (including phenoxy) is 9. The van der Waals surface area contributed by atoms with Gasteiger partial charge in [0.15, 0.2) is 23.6 Å². The molecule has 0 radical (unpaired) electrons. The molecule has 62 heavy (non-hydrogen) atoms. The van der Waals surface area contributed by atoms with Crippen LogP contribution in [-0.4, -0.2) is 135 Å². The second kappa shape index (κ2) is 16.3. The minimum atomic E-state index is -1.97. The molecule has 3 N–H and O–H groups in total. The van der Waals surface area contributed by atoms with E-state index in [1.165, 1.54) is 0 Å². The van der Waals surface area contributed by atoms with Crippen molar-refractivity contribution >= 4 is 18.0 Å². The van der Waals surface area contributed by atoms with Gasteiger partial charge in [-0.2, -0.15) is 0 Å². The van der Waals surface area contributed by atoms with Crippen LogP contribution in [0.5, 0.6) is 0 Å². The van der Waals surface area contributed by atoms with Gasteiger partial charge in [-0.3, -0.25) is 9.59 Å². The molecule has 15 heteroatoms. The van der Waals surface area contributed by atoms with Crippen molar-refractivity contribution in [3.8, 4) is 0 Å². The smallest absolute Gasteiger partial charge is 0.311 e. The molecule has 10 bridgehead atoms. The highest BCUT2D eigenvalue weighted by molar-refractivity contribution is 5.87. The molecule has 15 nitrogen and oxygen atoms in total. The number of aldehydes is 1. The van der Waals surface area contributed by atoms with Gasteiger partial charge in [0.25, 0.3) is 0 Å². The quantitative estimate of drug-likeness (QED) is 0.260. The second-order valence-electron chi connectivity index (χ2n) is 21.0. The van der Waals surface area contributed by atoms with Crippen molar-refractivity contribution < 1.29 is 72.3 Å². The Hall–Kier alpha value is -2.15. The maximum Gasteiger partial charge on any atom is 0.311 e. The van der Waals surface area contributed by atoms with Gasteiger partial charge >= 0.3 is 5.97 Å². The molecule has 9 aliphatic rings. The van der Waals surface area contributed by atoms with Gasteiger partial charge in [-0.15, -0.1) is 0 Å². The van der Waals surface area contributed by atoms with Crippen molar-refractivity contribution in [2.75, 3.05) is 6.61 Å². The first-order valence-electron chi connectivity index (χ1n) is 23.3. The largest absolute Gasteiger partial charge is 0.459 e. The second-order valence-corrected chi connectivity index (χ2v) is 21.0. The van der Waals surface area contributed by atoms with Crippen LogP contribution in [0.3, 0.4) is 0 Å². The highest BCUT2D eigenvalue weighted by Crippen LogP contribution is 2.55.